The average Bonchev–Trinajstić information content (AvgIpc) is 2.59. The van der Waals surface area contributed by atoms with Gasteiger partial charge in [-0.05, 0) is 72.9 Å². The summed E-state index contributed by atoms with van der Waals surface area (Å²) in [5.74, 6) is 0.914. The van der Waals surface area contributed by atoms with Crippen molar-refractivity contribution in [1.29, 1.82) is 0 Å². The standard InChI is InChI=1S/C16H27NO.C5H10O2.C2H6/c1-7-11-14(4)16(9-3)18-13-10-12-15(8-2)17(5)6;1-5(2,3)7-4-6;1-2/h7,9-12,15H,1,8,13H2,2-6H3;4H,1-3H3;1-2H3/b12-10+,14-11-,16-9+;;. The van der Waals surface area contributed by atoms with Gasteiger partial charge in [-0.25, -0.2) is 0 Å². The van der Waals surface area contributed by atoms with E-state index in [1.54, 1.807) is 6.08 Å². The van der Waals surface area contributed by atoms with Crippen LogP contribution in [0.1, 0.15) is 61.8 Å². The van der Waals surface area contributed by atoms with E-state index in [4.69, 9.17) is 4.74 Å². The number of likely N-dealkylation sites (N-methyl/N-ethyl adjacent to an activating group) is 1. The predicted molar refractivity (Wildman–Crippen MR) is 119 cm³/mol. The minimum Gasteiger partial charge on any atom is -0.490 e. The zero-order valence-electron chi connectivity index (χ0n) is 19.3. The Morgan fingerprint density at radius 2 is 1.78 bits per heavy atom. The van der Waals surface area contributed by atoms with Crippen LogP contribution in [0, 0.1) is 0 Å². The molecular weight excluding hydrogens is 338 g/mol. The number of nitrogens with zero attached hydrogens (tertiary/aromatic N) is 1. The summed E-state index contributed by atoms with van der Waals surface area (Å²) in [6, 6.07) is 0.479. The Hall–Kier alpha value is -1.81. The van der Waals surface area contributed by atoms with Crippen LogP contribution in [-0.2, 0) is 14.3 Å². The Bertz CT molecular complexity index is 455. The van der Waals surface area contributed by atoms with Gasteiger partial charge < -0.3 is 14.4 Å². The zero-order valence-corrected chi connectivity index (χ0v) is 19.3. The van der Waals surface area contributed by atoms with Gasteiger partial charge in [-0.1, -0.05) is 45.6 Å². The molecule has 0 aromatic heterocycles. The summed E-state index contributed by atoms with van der Waals surface area (Å²) in [4.78, 5) is 11.8. The fourth-order valence-electron chi connectivity index (χ4n) is 1.85. The van der Waals surface area contributed by atoms with Gasteiger partial charge in [-0.2, -0.15) is 0 Å². The summed E-state index contributed by atoms with van der Waals surface area (Å²) in [5, 5.41) is 0. The van der Waals surface area contributed by atoms with E-state index < -0.39 is 0 Å². The number of rotatable bonds is 9. The molecule has 0 fully saturated rings. The summed E-state index contributed by atoms with van der Waals surface area (Å²) < 4.78 is 10.3. The van der Waals surface area contributed by atoms with Crippen LogP contribution in [0.5, 0.6) is 0 Å². The molecule has 27 heavy (non-hydrogen) atoms. The molecule has 0 saturated heterocycles. The topological polar surface area (TPSA) is 38.8 Å². The minimum absolute atomic E-state index is 0.318. The first kappa shape index (κ1) is 29.9. The second-order valence-corrected chi connectivity index (χ2v) is 6.74. The second kappa shape index (κ2) is 19.0. The highest BCUT2D eigenvalue weighted by Crippen LogP contribution is 2.11. The molecule has 4 nitrogen and oxygen atoms in total. The van der Waals surface area contributed by atoms with Crippen molar-refractivity contribution in [1.82, 2.24) is 4.90 Å². The van der Waals surface area contributed by atoms with Crippen LogP contribution in [0.2, 0.25) is 0 Å². The van der Waals surface area contributed by atoms with Crippen molar-refractivity contribution in [3.05, 3.63) is 48.3 Å². The molecule has 0 bridgehead atoms. The van der Waals surface area contributed by atoms with Gasteiger partial charge in [0, 0.05) is 6.04 Å². The number of ether oxygens (including phenoxy) is 2. The number of allylic oxidation sites excluding steroid dienone is 4. The van der Waals surface area contributed by atoms with E-state index in [2.05, 4.69) is 49.4 Å². The molecule has 0 amide bonds. The highest BCUT2D eigenvalue weighted by molar-refractivity contribution is 5.37. The molecule has 0 saturated carbocycles. The summed E-state index contributed by atoms with van der Waals surface area (Å²) >= 11 is 0. The molecule has 0 radical (unpaired) electrons. The fraction of sp³-hybridized carbons (Fsp3) is 0.609. The van der Waals surface area contributed by atoms with Crippen molar-refractivity contribution in [3.8, 4) is 0 Å². The largest absolute Gasteiger partial charge is 0.490 e. The van der Waals surface area contributed by atoms with Gasteiger partial charge in [-0.3, -0.25) is 4.79 Å². The van der Waals surface area contributed by atoms with Gasteiger partial charge >= 0.3 is 0 Å². The van der Waals surface area contributed by atoms with Gasteiger partial charge in [0.15, 0.2) is 0 Å². The highest BCUT2D eigenvalue weighted by atomic mass is 16.5. The first-order valence-electron chi connectivity index (χ1n) is 9.66. The summed E-state index contributed by atoms with van der Waals surface area (Å²) in [5.41, 5.74) is 0.780. The molecule has 0 heterocycles. The molecule has 0 aromatic rings. The lowest BCUT2D eigenvalue weighted by Gasteiger charge is -2.18. The number of carbonyl (C=O) groups is 1. The molecule has 0 aromatic carbocycles. The third-order valence-corrected chi connectivity index (χ3v) is 3.20. The van der Waals surface area contributed by atoms with Crippen molar-refractivity contribution in [2.45, 2.75) is 73.5 Å². The number of hydrogen-bond donors (Lipinski definition) is 0. The van der Waals surface area contributed by atoms with Gasteiger partial charge in [0.1, 0.15) is 18.0 Å². The number of carbonyl (C=O) groups excluding carboxylic acids is 1. The first-order chi connectivity index (χ1) is 12.6. The van der Waals surface area contributed by atoms with Gasteiger partial charge in [0.2, 0.25) is 0 Å². The maximum Gasteiger partial charge on any atom is 0.293 e. The van der Waals surface area contributed by atoms with E-state index >= 15 is 0 Å². The Kier molecular flexibility index (Phi) is 21.0. The molecule has 0 N–H and O–H groups in total. The lowest BCUT2D eigenvalue weighted by Crippen LogP contribution is -2.24. The van der Waals surface area contributed by atoms with E-state index in [1.165, 1.54) is 0 Å². The van der Waals surface area contributed by atoms with Gasteiger partial charge in [0.25, 0.3) is 6.47 Å². The number of hydrogen-bond acceptors (Lipinski definition) is 4. The van der Waals surface area contributed by atoms with Crippen LogP contribution >= 0.6 is 0 Å². The normalized spacial score (nSPS) is 13.1. The maximum absolute atomic E-state index is 9.60. The van der Waals surface area contributed by atoms with Crippen LogP contribution in [0.3, 0.4) is 0 Å². The van der Waals surface area contributed by atoms with Crippen LogP contribution in [0.4, 0.5) is 0 Å². The van der Waals surface area contributed by atoms with E-state index in [9.17, 15) is 4.79 Å². The van der Waals surface area contributed by atoms with E-state index in [0.29, 0.717) is 19.1 Å². The van der Waals surface area contributed by atoms with Gasteiger partial charge in [0.05, 0.1) is 0 Å². The quantitative estimate of drug-likeness (QED) is 0.215. The molecule has 0 aliphatic rings. The van der Waals surface area contributed by atoms with E-state index in [0.717, 1.165) is 17.8 Å². The average molecular weight is 382 g/mol. The molecule has 158 valence electrons. The van der Waals surface area contributed by atoms with Gasteiger partial charge in [-0.15, -0.1) is 0 Å². The predicted octanol–water partition coefficient (Wildman–Crippen LogP) is 5.92. The molecular formula is C23H43NO3. The van der Waals surface area contributed by atoms with Crippen LogP contribution in [0.15, 0.2) is 48.3 Å². The molecule has 1 unspecified atom stereocenters. The molecule has 0 rings (SSSR count). The smallest absolute Gasteiger partial charge is 0.293 e. The molecule has 1 atom stereocenters. The minimum atomic E-state index is -0.318. The third kappa shape index (κ3) is 20.4. The monoisotopic (exact) mass is 381 g/mol. The van der Waals surface area contributed by atoms with Crippen molar-refractivity contribution in [2.75, 3.05) is 20.7 Å². The summed E-state index contributed by atoms with van der Waals surface area (Å²) in [7, 11) is 4.18. The van der Waals surface area contributed by atoms with Crippen molar-refractivity contribution in [3.63, 3.8) is 0 Å². The Morgan fingerprint density at radius 3 is 2.07 bits per heavy atom. The first-order valence-corrected chi connectivity index (χ1v) is 9.66. The lowest BCUT2D eigenvalue weighted by molar-refractivity contribution is -0.138. The fourth-order valence-corrected chi connectivity index (χ4v) is 1.85. The van der Waals surface area contributed by atoms with E-state index in [1.807, 2.05) is 60.6 Å². The van der Waals surface area contributed by atoms with Crippen LogP contribution in [0.25, 0.3) is 0 Å². The second-order valence-electron chi connectivity index (χ2n) is 6.74. The zero-order chi connectivity index (χ0) is 21.9. The highest BCUT2D eigenvalue weighted by Gasteiger charge is 2.07. The molecule has 0 aliphatic heterocycles. The van der Waals surface area contributed by atoms with E-state index in [-0.39, 0.29) is 5.60 Å². The Labute approximate surface area is 168 Å². The van der Waals surface area contributed by atoms with Crippen molar-refractivity contribution >= 4 is 6.47 Å². The molecule has 0 spiro atoms. The SMILES string of the molecule is C=C/C=C(C)\C(=C/C)OC/C=C/C(CC)N(C)C.CC.CC(C)(C)OC=O. The van der Waals surface area contributed by atoms with Crippen molar-refractivity contribution < 1.29 is 14.3 Å². The Balaban J connectivity index is -0.000000535. The Morgan fingerprint density at radius 1 is 1.22 bits per heavy atom. The lowest BCUT2D eigenvalue weighted by atomic mass is 10.2. The van der Waals surface area contributed by atoms with Crippen molar-refractivity contribution in [2.24, 2.45) is 0 Å². The summed E-state index contributed by atoms with van der Waals surface area (Å²) in [6.07, 6.45) is 11.1. The van der Waals surface area contributed by atoms with Crippen LogP contribution < -0.4 is 0 Å². The maximum atomic E-state index is 9.60. The summed E-state index contributed by atoms with van der Waals surface area (Å²) in [6.45, 7) is 20.4. The molecule has 4 heteroatoms. The molecule has 0 aliphatic carbocycles. The van der Waals surface area contributed by atoms with Crippen LogP contribution in [-0.4, -0.2) is 43.7 Å². The third-order valence-electron chi connectivity index (χ3n) is 3.20.